The third-order valence-electron chi connectivity index (χ3n) is 7.52. The van der Waals surface area contributed by atoms with E-state index in [-0.39, 0.29) is 34.5 Å². The fourth-order valence-electron chi connectivity index (χ4n) is 5.39. The Morgan fingerprint density at radius 2 is 1.78 bits per heavy atom. The van der Waals surface area contributed by atoms with Crippen LogP contribution in [0.4, 0.5) is 0 Å². The van der Waals surface area contributed by atoms with Crippen LogP contribution >= 0.6 is 0 Å². The Morgan fingerprint density at radius 1 is 1.00 bits per heavy atom. The molecule has 5 aromatic rings. The molecule has 0 N–H and O–H groups in total. The van der Waals surface area contributed by atoms with Gasteiger partial charge in [0.15, 0.2) is 11.4 Å². The predicted molar refractivity (Wildman–Crippen MR) is 139 cm³/mol. The number of benzene rings is 2. The maximum absolute atomic E-state index is 13.6. The van der Waals surface area contributed by atoms with Gasteiger partial charge in [0, 0.05) is 43.4 Å². The molecule has 8 nitrogen and oxygen atoms in total. The van der Waals surface area contributed by atoms with E-state index in [1.807, 2.05) is 47.4 Å². The SMILES string of the molecule is Cc1nc2c(=O)n(C[C@@H]3CCN(C(=O)C4CC4)C3)c(-c3ccc(-c4ccc5occc5c4)cc3)nc2o1. The van der Waals surface area contributed by atoms with E-state index < -0.39 is 0 Å². The number of fused-ring (bicyclic) bond motifs is 2. The smallest absolute Gasteiger partial charge is 0.283 e. The highest BCUT2D eigenvalue weighted by Crippen LogP contribution is 2.33. The van der Waals surface area contributed by atoms with Gasteiger partial charge >= 0.3 is 0 Å². The molecule has 2 aromatic carbocycles. The monoisotopic (exact) mass is 494 g/mol. The second kappa shape index (κ2) is 8.44. The molecular formula is C29H26N4O4. The number of carbonyl (C=O) groups is 1. The highest BCUT2D eigenvalue weighted by molar-refractivity contribution is 5.84. The molecule has 3 aromatic heterocycles. The summed E-state index contributed by atoms with van der Waals surface area (Å²) in [5.41, 5.74) is 4.10. The highest BCUT2D eigenvalue weighted by Gasteiger charge is 2.37. The van der Waals surface area contributed by atoms with Gasteiger partial charge in [-0.15, -0.1) is 0 Å². The van der Waals surface area contributed by atoms with Crippen LogP contribution in [-0.2, 0) is 11.3 Å². The van der Waals surface area contributed by atoms with Crippen molar-refractivity contribution in [3.63, 3.8) is 0 Å². The molecular weight excluding hydrogens is 468 g/mol. The van der Waals surface area contributed by atoms with Crippen LogP contribution in [0.5, 0.6) is 0 Å². The lowest BCUT2D eigenvalue weighted by Crippen LogP contribution is -2.32. The van der Waals surface area contributed by atoms with Gasteiger partial charge in [0.25, 0.3) is 11.3 Å². The predicted octanol–water partition coefficient (Wildman–Crippen LogP) is 5.03. The number of aromatic nitrogens is 3. The molecule has 0 radical (unpaired) electrons. The van der Waals surface area contributed by atoms with Crippen LogP contribution < -0.4 is 5.56 Å². The van der Waals surface area contributed by atoms with Crippen molar-refractivity contribution in [3.8, 4) is 22.5 Å². The molecule has 1 saturated carbocycles. The zero-order valence-electron chi connectivity index (χ0n) is 20.5. The first-order chi connectivity index (χ1) is 18.0. The minimum atomic E-state index is -0.210. The summed E-state index contributed by atoms with van der Waals surface area (Å²) in [6.45, 7) is 3.62. The molecule has 8 heteroatoms. The average molecular weight is 495 g/mol. The first-order valence-electron chi connectivity index (χ1n) is 12.8. The third kappa shape index (κ3) is 3.93. The highest BCUT2D eigenvalue weighted by atomic mass is 16.4. The van der Waals surface area contributed by atoms with Crippen molar-refractivity contribution in [1.82, 2.24) is 19.4 Å². The van der Waals surface area contributed by atoms with Crippen molar-refractivity contribution in [2.75, 3.05) is 13.1 Å². The lowest BCUT2D eigenvalue weighted by molar-refractivity contribution is -0.131. The van der Waals surface area contributed by atoms with E-state index in [0.717, 1.165) is 53.5 Å². The first-order valence-corrected chi connectivity index (χ1v) is 12.8. The summed E-state index contributed by atoms with van der Waals surface area (Å²) in [6.07, 6.45) is 4.56. The van der Waals surface area contributed by atoms with Crippen molar-refractivity contribution < 1.29 is 13.6 Å². The molecule has 7 rings (SSSR count). The van der Waals surface area contributed by atoms with Crippen LogP contribution in [0.2, 0.25) is 0 Å². The molecule has 1 aliphatic carbocycles. The van der Waals surface area contributed by atoms with Crippen LogP contribution in [0.25, 0.3) is 44.7 Å². The van der Waals surface area contributed by atoms with Gasteiger partial charge in [0.1, 0.15) is 11.4 Å². The van der Waals surface area contributed by atoms with Crippen molar-refractivity contribution in [2.24, 2.45) is 11.8 Å². The first kappa shape index (κ1) is 22.0. The van der Waals surface area contributed by atoms with E-state index in [9.17, 15) is 9.59 Å². The molecule has 4 heterocycles. The topological polar surface area (TPSA) is 94.4 Å². The van der Waals surface area contributed by atoms with Gasteiger partial charge < -0.3 is 13.7 Å². The molecule has 1 atom stereocenters. The second-order valence-electron chi connectivity index (χ2n) is 10.2. The van der Waals surface area contributed by atoms with Gasteiger partial charge in [0.2, 0.25) is 5.91 Å². The van der Waals surface area contributed by atoms with Crippen LogP contribution in [0.15, 0.2) is 68.4 Å². The minimum absolute atomic E-state index is 0.187. The van der Waals surface area contributed by atoms with E-state index in [0.29, 0.717) is 24.8 Å². The quantitative estimate of drug-likeness (QED) is 0.340. The van der Waals surface area contributed by atoms with Gasteiger partial charge in [-0.1, -0.05) is 30.3 Å². The Kier molecular flexibility index (Phi) is 5.02. The Balaban J connectivity index is 1.24. The molecule has 0 unspecified atom stereocenters. The van der Waals surface area contributed by atoms with Crippen molar-refractivity contribution >= 4 is 28.1 Å². The second-order valence-corrected chi connectivity index (χ2v) is 10.2. The zero-order valence-corrected chi connectivity index (χ0v) is 20.5. The van der Waals surface area contributed by atoms with Gasteiger partial charge in [-0.05, 0) is 54.5 Å². The molecule has 37 heavy (non-hydrogen) atoms. The lowest BCUT2D eigenvalue weighted by atomic mass is 10.0. The largest absolute Gasteiger partial charge is 0.464 e. The number of furan rings is 1. The molecule has 0 bridgehead atoms. The number of aryl methyl sites for hydroxylation is 1. The summed E-state index contributed by atoms with van der Waals surface area (Å²) in [4.78, 5) is 37.1. The van der Waals surface area contributed by atoms with Crippen molar-refractivity contribution in [2.45, 2.75) is 32.7 Å². The van der Waals surface area contributed by atoms with E-state index in [1.165, 1.54) is 0 Å². The molecule has 1 aliphatic heterocycles. The Bertz CT molecular complexity index is 1710. The summed E-state index contributed by atoms with van der Waals surface area (Å²) in [7, 11) is 0. The number of hydrogen-bond donors (Lipinski definition) is 0. The van der Waals surface area contributed by atoms with Crippen LogP contribution in [0.1, 0.15) is 25.2 Å². The zero-order chi connectivity index (χ0) is 25.1. The van der Waals surface area contributed by atoms with Gasteiger partial charge in [0.05, 0.1) is 6.26 Å². The number of oxazole rings is 1. The molecule has 2 aliphatic rings. The molecule has 0 spiro atoms. The fraction of sp³-hybridized carbons (Fsp3) is 0.310. The lowest BCUT2D eigenvalue weighted by Gasteiger charge is -2.18. The summed E-state index contributed by atoms with van der Waals surface area (Å²) in [5.74, 6) is 1.63. The van der Waals surface area contributed by atoms with Crippen LogP contribution in [0.3, 0.4) is 0 Å². The maximum atomic E-state index is 13.6. The fourth-order valence-corrected chi connectivity index (χ4v) is 5.39. The minimum Gasteiger partial charge on any atom is -0.464 e. The summed E-state index contributed by atoms with van der Waals surface area (Å²) < 4.78 is 12.8. The van der Waals surface area contributed by atoms with E-state index in [4.69, 9.17) is 13.8 Å². The van der Waals surface area contributed by atoms with Gasteiger partial charge in [-0.25, -0.2) is 4.98 Å². The molecule has 186 valence electrons. The van der Waals surface area contributed by atoms with Crippen molar-refractivity contribution in [3.05, 3.63) is 71.0 Å². The summed E-state index contributed by atoms with van der Waals surface area (Å²) in [5, 5.41) is 1.05. The Morgan fingerprint density at radius 3 is 2.59 bits per heavy atom. The molecule has 1 amide bonds. The standard InChI is InChI=1S/C29H26N4O4/c1-17-30-25-27(37-17)31-26(33(29(25)35)16-18-10-12-32(15-18)28(34)21-6-7-21)20-4-2-19(3-5-20)22-8-9-24-23(14-22)11-13-36-24/h2-5,8-9,11,13-14,18,21H,6-7,10,12,15-16H2,1H3/t18-/m1/s1. The number of hydrogen-bond acceptors (Lipinski definition) is 6. The van der Waals surface area contributed by atoms with E-state index >= 15 is 0 Å². The Labute approximate surface area is 212 Å². The number of rotatable bonds is 5. The third-order valence-corrected chi connectivity index (χ3v) is 7.52. The summed E-state index contributed by atoms with van der Waals surface area (Å²) in [6, 6.07) is 16.1. The van der Waals surface area contributed by atoms with Crippen molar-refractivity contribution in [1.29, 1.82) is 0 Å². The van der Waals surface area contributed by atoms with E-state index in [2.05, 4.69) is 11.1 Å². The number of carbonyl (C=O) groups excluding carboxylic acids is 1. The van der Waals surface area contributed by atoms with E-state index in [1.54, 1.807) is 17.8 Å². The molecule has 2 fully saturated rings. The van der Waals surface area contributed by atoms with Crippen LogP contribution in [-0.4, -0.2) is 38.4 Å². The molecule has 1 saturated heterocycles. The average Bonchev–Trinajstić information content (AvgIpc) is 3.29. The van der Waals surface area contributed by atoms with Crippen LogP contribution in [0, 0.1) is 18.8 Å². The normalized spacial score (nSPS) is 17.8. The number of amides is 1. The number of likely N-dealkylation sites (tertiary alicyclic amines) is 1. The van der Waals surface area contributed by atoms with Gasteiger partial charge in [-0.2, -0.15) is 4.98 Å². The Hall–Kier alpha value is -4.20. The maximum Gasteiger partial charge on any atom is 0.283 e. The number of nitrogens with zero attached hydrogens (tertiary/aromatic N) is 4. The summed E-state index contributed by atoms with van der Waals surface area (Å²) >= 11 is 0. The van der Waals surface area contributed by atoms with Gasteiger partial charge in [-0.3, -0.25) is 14.2 Å².